The van der Waals surface area contributed by atoms with Gasteiger partial charge in [-0.1, -0.05) is 37.3 Å². The molecular formula is C16H24N2O2. The van der Waals surface area contributed by atoms with Crippen LogP contribution in [-0.2, 0) is 16.0 Å². The summed E-state index contributed by atoms with van der Waals surface area (Å²) in [6, 6.07) is 9.44. The molecule has 0 saturated carbocycles. The number of nitrogens with zero attached hydrogens (tertiary/aromatic N) is 1. The highest BCUT2D eigenvalue weighted by Crippen LogP contribution is 2.15. The largest absolute Gasteiger partial charge is 0.372 e. The van der Waals surface area contributed by atoms with Gasteiger partial charge >= 0.3 is 0 Å². The van der Waals surface area contributed by atoms with E-state index < -0.39 is 6.04 Å². The molecule has 3 atom stereocenters. The zero-order valence-electron chi connectivity index (χ0n) is 12.3. The molecule has 2 rings (SSSR count). The zero-order chi connectivity index (χ0) is 14.5. The minimum absolute atomic E-state index is 0.0300. The summed E-state index contributed by atoms with van der Waals surface area (Å²) in [6.45, 7) is 5.38. The Hall–Kier alpha value is -1.39. The maximum Gasteiger partial charge on any atom is 0.240 e. The van der Waals surface area contributed by atoms with E-state index in [0.717, 1.165) is 12.0 Å². The first kappa shape index (κ1) is 15.0. The molecule has 1 aliphatic rings. The van der Waals surface area contributed by atoms with Crippen molar-refractivity contribution in [2.24, 2.45) is 5.73 Å². The lowest BCUT2D eigenvalue weighted by atomic mass is 10.0. The summed E-state index contributed by atoms with van der Waals surface area (Å²) in [6.07, 6.45) is 1.72. The molecule has 1 fully saturated rings. The molecule has 1 amide bonds. The molecule has 0 aliphatic carbocycles. The molecule has 1 saturated heterocycles. The Labute approximate surface area is 120 Å². The first-order chi connectivity index (χ1) is 9.60. The first-order valence-corrected chi connectivity index (χ1v) is 7.34. The molecule has 0 unspecified atom stereocenters. The van der Waals surface area contributed by atoms with Crippen LogP contribution >= 0.6 is 0 Å². The number of carbonyl (C=O) groups is 1. The van der Waals surface area contributed by atoms with E-state index in [-0.39, 0.29) is 18.1 Å². The van der Waals surface area contributed by atoms with Crippen molar-refractivity contribution in [3.05, 3.63) is 35.9 Å². The molecule has 4 heteroatoms. The van der Waals surface area contributed by atoms with E-state index >= 15 is 0 Å². The van der Waals surface area contributed by atoms with E-state index in [0.29, 0.717) is 19.5 Å². The number of amides is 1. The van der Waals surface area contributed by atoms with Crippen LogP contribution in [0.3, 0.4) is 0 Å². The van der Waals surface area contributed by atoms with Crippen molar-refractivity contribution in [2.45, 2.75) is 44.9 Å². The molecule has 1 heterocycles. The number of morpholine rings is 1. The highest BCUT2D eigenvalue weighted by molar-refractivity contribution is 5.82. The average molecular weight is 276 g/mol. The smallest absolute Gasteiger partial charge is 0.240 e. The van der Waals surface area contributed by atoms with Crippen LogP contribution in [-0.4, -0.2) is 42.1 Å². The lowest BCUT2D eigenvalue weighted by Crippen LogP contribution is -2.54. The molecular weight excluding hydrogens is 252 g/mol. The van der Waals surface area contributed by atoms with E-state index in [1.807, 2.05) is 42.2 Å². The second-order valence-electron chi connectivity index (χ2n) is 5.52. The van der Waals surface area contributed by atoms with Gasteiger partial charge in [0.1, 0.15) is 0 Å². The number of benzene rings is 1. The molecule has 110 valence electrons. The second kappa shape index (κ2) is 6.86. The van der Waals surface area contributed by atoms with Gasteiger partial charge in [0, 0.05) is 13.1 Å². The van der Waals surface area contributed by atoms with Crippen LogP contribution < -0.4 is 5.73 Å². The van der Waals surface area contributed by atoms with Gasteiger partial charge < -0.3 is 15.4 Å². The van der Waals surface area contributed by atoms with Crippen molar-refractivity contribution in [3.63, 3.8) is 0 Å². The molecule has 1 aliphatic heterocycles. The van der Waals surface area contributed by atoms with Crippen LogP contribution in [0.15, 0.2) is 30.3 Å². The van der Waals surface area contributed by atoms with E-state index in [9.17, 15) is 4.79 Å². The molecule has 0 bridgehead atoms. The molecule has 0 aromatic heterocycles. The summed E-state index contributed by atoms with van der Waals surface area (Å²) in [7, 11) is 0. The average Bonchev–Trinajstić information content (AvgIpc) is 2.46. The third kappa shape index (κ3) is 3.81. The number of nitrogens with two attached hydrogens (primary N) is 1. The van der Waals surface area contributed by atoms with Crippen LogP contribution in [0, 0.1) is 0 Å². The van der Waals surface area contributed by atoms with Gasteiger partial charge in [-0.25, -0.2) is 0 Å². The highest BCUT2D eigenvalue weighted by atomic mass is 16.5. The Morgan fingerprint density at radius 2 is 2.10 bits per heavy atom. The van der Waals surface area contributed by atoms with E-state index in [4.69, 9.17) is 10.5 Å². The highest BCUT2D eigenvalue weighted by Gasteiger charge is 2.30. The summed E-state index contributed by atoms with van der Waals surface area (Å²) < 4.78 is 5.78. The van der Waals surface area contributed by atoms with E-state index in [1.165, 1.54) is 0 Å². The molecule has 1 aromatic carbocycles. The van der Waals surface area contributed by atoms with Crippen LogP contribution in [0.25, 0.3) is 0 Å². The summed E-state index contributed by atoms with van der Waals surface area (Å²) in [5.41, 5.74) is 7.18. The Morgan fingerprint density at radius 3 is 2.75 bits per heavy atom. The Balaban J connectivity index is 1.95. The van der Waals surface area contributed by atoms with Gasteiger partial charge in [0.15, 0.2) is 0 Å². The quantitative estimate of drug-likeness (QED) is 0.908. The predicted molar refractivity (Wildman–Crippen MR) is 79.3 cm³/mol. The molecule has 0 spiro atoms. The fraction of sp³-hybridized carbons (Fsp3) is 0.562. The lowest BCUT2D eigenvalue weighted by molar-refractivity contribution is -0.145. The van der Waals surface area contributed by atoms with Gasteiger partial charge in [-0.2, -0.15) is 0 Å². The summed E-state index contributed by atoms with van der Waals surface area (Å²) in [5, 5.41) is 0. The Morgan fingerprint density at radius 1 is 1.40 bits per heavy atom. The van der Waals surface area contributed by atoms with Crippen molar-refractivity contribution in [1.82, 2.24) is 4.90 Å². The summed E-state index contributed by atoms with van der Waals surface area (Å²) in [4.78, 5) is 14.3. The standard InChI is InChI=1S/C16H24N2O2/c1-3-14-11-18(10-12(2)20-14)16(19)15(17)9-13-7-5-4-6-8-13/h4-8,12,14-15H,3,9-11,17H2,1-2H3/t12-,14-,15-/m0/s1. The Bertz CT molecular complexity index is 435. The monoisotopic (exact) mass is 276 g/mol. The van der Waals surface area contributed by atoms with Gasteiger partial charge in [-0.15, -0.1) is 0 Å². The summed E-state index contributed by atoms with van der Waals surface area (Å²) >= 11 is 0. The molecule has 4 nitrogen and oxygen atoms in total. The molecule has 20 heavy (non-hydrogen) atoms. The first-order valence-electron chi connectivity index (χ1n) is 7.34. The maximum absolute atomic E-state index is 12.5. The lowest BCUT2D eigenvalue weighted by Gasteiger charge is -2.37. The minimum Gasteiger partial charge on any atom is -0.372 e. The number of carbonyl (C=O) groups excluding carboxylic acids is 1. The third-order valence-corrected chi connectivity index (χ3v) is 3.71. The zero-order valence-corrected chi connectivity index (χ0v) is 12.3. The number of hydrogen-bond donors (Lipinski definition) is 1. The third-order valence-electron chi connectivity index (χ3n) is 3.71. The van der Waals surface area contributed by atoms with Crippen molar-refractivity contribution in [2.75, 3.05) is 13.1 Å². The Kier molecular flexibility index (Phi) is 5.15. The topological polar surface area (TPSA) is 55.6 Å². The van der Waals surface area contributed by atoms with E-state index in [1.54, 1.807) is 0 Å². The maximum atomic E-state index is 12.5. The van der Waals surface area contributed by atoms with Gasteiger partial charge in [0.05, 0.1) is 18.2 Å². The van der Waals surface area contributed by atoms with Gasteiger partial charge in [0.2, 0.25) is 5.91 Å². The van der Waals surface area contributed by atoms with E-state index in [2.05, 4.69) is 6.92 Å². The van der Waals surface area contributed by atoms with Crippen molar-refractivity contribution in [3.8, 4) is 0 Å². The normalized spacial score (nSPS) is 24.4. The van der Waals surface area contributed by atoms with Gasteiger partial charge in [-0.05, 0) is 25.3 Å². The molecule has 2 N–H and O–H groups in total. The fourth-order valence-corrected chi connectivity index (χ4v) is 2.64. The SMILES string of the molecule is CC[C@H]1CN(C(=O)[C@@H](N)Cc2ccccc2)C[C@H](C)O1. The number of hydrogen-bond acceptors (Lipinski definition) is 3. The number of rotatable bonds is 4. The minimum atomic E-state index is -0.472. The van der Waals surface area contributed by atoms with Crippen molar-refractivity contribution >= 4 is 5.91 Å². The second-order valence-corrected chi connectivity index (χ2v) is 5.52. The fourth-order valence-electron chi connectivity index (χ4n) is 2.64. The molecule has 0 radical (unpaired) electrons. The number of ether oxygens (including phenoxy) is 1. The molecule has 1 aromatic rings. The van der Waals surface area contributed by atoms with Crippen LogP contribution in [0.5, 0.6) is 0 Å². The van der Waals surface area contributed by atoms with Gasteiger partial charge in [0.25, 0.3) is 0 Å². The summed E-state index contributed by atoms with van der Waals surface area (Å²) in [5.74, 6) is 0.0300. The van der Waals surface area contributed by atoms with Crippen molar-refractivity contribution < 1.29 is 9.53 Å². The van der Waals surface area contributed by atoms with Crippen molar-refractivity contribution in [1.29, 1.82) is 0 Å². The van der Waals surface area contributed by atoms with Gasteiger partial charge in [-0.3, -0.25) is 4.79 Å². The van der Waals surface area contributed by atoms with Crippen LogP contribution in [0.4, 0.5) is 0 Å². The van der Waals surface area contributed by atoms with Crippen LogP contribution in [0.2, 0.25) is 0 Å². The van der Waals surface area contributed by atoms with Crippen LogP contribution in [0.1, 0.15) is 25.8 Å². The predicted octanol–water partition coefficient (Wildman–Crippen LogP) is 1.58.